The predicted octanol–water partition coefficient (Wildman–Crippen LogP) is 3.74. The first kappa shape index (κ1) is 13.8. The Bertz CT molecular complexity index is 596. The van der Waals surface area contributed by atoms with Crippen LogP contribution in [0.25, 0.3) is 0 Å². The van der Waals surface area contributed by atoms with E-state index < -0.39 is 11.4 Å². The van der Waals surface area contributed by atoms with Crippen molar-refractivity contribution < 1.29 is 14.2 Å². The van der Waals surface area contributed by atoms with E-state index in [1.807, 2.05) is 0 Å². The summed E-state index contributed by atoms with van der Waals surface area (Å²) in [6.45, 7) is 1.53. The lowest BCUT2D eigenvalue weighted by Gasteiger charge is -2.25. The first-order chi connectivity index (χ1) is 8.95. The third-order valence-electron chi connectivity index (χ3n) is 3.09. The van der Waals surface area contributed by atoms with Gasteiger partial charge in [0.2, 0.25) is 0 Å². The minimum absolute atomic E-state index is 0.176. The maximum atomic E-state index is 14.0. The predicted molar refractivity (Wildman–Crippen MR) is 73.1 cm³/mol. The van der Waals surface area contributed by atoms with Gasteiger partial charge in [-0.15, -0.1) is 0 Å². The number of ether oxygens (including phenoxy) is 1. The maximum absolute atomic E-state index is 14.0. The molecule has 0 aromatic heterocycles. The molecule has 100 valence electrons. The standard InChI is InChI=1S/C15H14ClFO2/c1-15(18,10-4-3-5-11(16)8-10)13-7-6-12(19-2)9-14(13)17/h3-9,18H,1-2H3. The lowest BCUT2D eigenvalue weighted by molar-refractivity contribution is 0.0978. The van der Waals surface area contributed by atoms with Crippen LogP contribution in [0.5, 0.6) is 5.75 Å². The Labute approximate surface area is 116 Å². The molecule has 2 rings (SSSR count). The lowest BCUT2D eigenvalue weighted by Crippen LogP contribution is -2.24. The molecule has 1 unspecified atom stereocenters. The van der Waals surface area contributed by atoms with E-state index in [9.17, 15) is 9.50 Å². The van der Waals surface area contributed by atoms with Gasteiger partial charge in [-0.3, -0.25) is 0 Å². The fourth-order valence-electron chi connectivity index (χ4n) is 1.96. The zero-order chi connectivity index (χ0) is 14.0. The van der Waals surface area contributed by atoms with E-state index in [1.54, 1.807) is 30.3 Å². The summed E-state index contributed by atoms with van der Waals surface area (Å²) in [5, 5.41) is 11.1. The van der Waals surface area contributed by atoms with Crippen molar-refractivity contribution in [3.05, 3.63) is 64.4 Å². The molecule has 1 atom stereocenters. The number of halogens is 2. The second-order valence-electron chi connectivity index (χ2n) is 4.43. The summed E-state index contributed by atoms with van der Waals surface area (Å²) < 4.78 is 19.0. The van der Waals surface area contributed by atoms with Crippen LogP contribution in [0.1, 0.15) is 18.1 Å². The van der Waals surface area contributed by atoms with Crippen molar-refractivity contribution in [1.29, 1.82) is 0 Å². The minimum atomic E-state index is -1.46. The number of hydrogen-bond donors (Lipinski definition) is 1. The van der Waals surface area contributed by atoms with E-state index in [1.165, 1.54) is 26.2 Å². The Hall–Kier alpha value is -1.58. The molecule has 0 aliphatic heterocycles. The highest BCUT2D eigenvalue weighted by Crippen LogP contribution is 2.33. The van der Waals surface area contributed by atoms with Gasteiger partial charge in [0.1, 0.15) is 17.2 Å². The van der Waals surface area contributed by atoms with Crippen LogP contribution in [0.2, 0.25) is 5.02 Å². The van der Waals surface area contributed by atoms with Crippen LogP contribution >= 0.6 is 11.6 Å². The monoisotopic (exact) mass is 280 g/mol. The van der Waals surface area contributed by atoms with Crippen molar-refractivity contribution in [3.8, 4) is 5.75 Å². The first-order valence-corrected chi connectivity index (χ1v) is 6.15. The van der Waals surface area contributed by atoms with Crippen LogP contribution < -0.4 is 4.74 Å². The molecule has 0 heterocycles. The minimum Gasteiger partial charge on any atom is -0.497 e. The van der Waals surface area contributed by atoms with Gasteiger partial charge < -0.3 is 9.84 Å². The van der Waals surface area contributed by atoms with Gasteiger partial charge in [-0.1, -0.05) is 23.7 Å². The average Bonchev–Trinajstić information content (AvgIpc) is 2.38. The Balaban J connectivity index is 2.50. The van der Waals surface area contributed by atoms with Crippen LogP contribution in [0.4, 0.5) is 4.39 Å². The molecule has 0 fully saturated rings. The van der Waals surface area contributed by atoms with Crippen LogP contribution in [-0.4, -0.2) is 12.2 Å². The molecule has 0 aliphatic carbocycles. The first-order valence-electron chi connectivity index (χ1n) is 5.77. The topological polar surface area (TPSA) is 29.5 Å². The van der Waals surface area contributed by atoms with Gasteiger partial charge in [-0.2, -0.15) is 0 Å². The zero-order valence-corrected chi connectivity index (χ0v) is 11.4. The number of aliphatic hydroxyl groups is 1. The fraction of sp³-hybridized carbons (Fsp3) is 0.200. The summed E-state index contributed by atoms with van der Waals surface area (Å²) in [6, 6.07) is 11.1. The Morgan fingerprint density at radius 1 is 1.21 bits per heavy atom. The van der Waals surface area contributed by atoms with Gasteiger partial charge in [0, 0.05) is 16.7 Å². The average molecular weight is 281 g/mol. The molecular formula is C15H14ClFO2. The highest BCUT2D eigenvalue weighted by atomic mass is 35.5. The van der Waals surface area contributed by atoms with Crippen molar-refractivity contribution >= 4 is 11.6 Å². The number of hydrogen-bond acceptors (Lipinski definition) is 2. The highest BCUT2D eigenvalue weighted by Gasteiger charge is 2.29. The molecule has 0 bridgehead atoms. The zero-order valence-electron chi connectivity index (χ0n) is 10.7. The molecular weight excluding hydrogens is 267 g/mol. The normalized spacial score (nSPS) is 13.9. The molecule has 0 saturated carbocycles. The quantitative estimate of drug-likeness (QED) is 0.928. The summed E-state index contributed by atoms with van der Waals surface area (Å²) in [6.07, 6.45) is 0. The summed E-state index contributed by atoms with van der Waals surface area (Å²) in [4.78, 5) is 0. The van der Waals surface area contributed by atoms with Crippen LogP contribution in [0.3, 0.4) is 0 Å². The summed E-state index contributed by atoms with van der Waals surface area (Å²) in [5.41, 5.74) is -0.749. The van der Waals surface area contributed by atoms with E-state index in [2.05, 4.69) is 0 Å². The van der Waals surface area contributed by atoms with Gasteiger partial charge in [0.25, 0.3) is 0 Å². The molecule has 0 radical (unpaired) electrons. The molecule has 2 nitrogen and oxygen atoms in total. The van der Waals surface area contributed by atoms with Crippen molar-refractivity contribution in [2.75, 3.05) is 7.11 Å². The van der Waals surface area contributed by atoms with Gasteiger partial charge in [0.05, 0.1) is 7.11 Å². The van der Waals surface area contributed by atoms with Gasteiger partial charge in [0.15, 0.2) is 0 Å². The highest BCUT2D eigenvalue weighted by molar-refractivity contribution is 6.30. The smallest absolute Gasteiger partial charge is 0.133 e. The molecule has 0 saturated heterocycles. The van der Waals surface area contributed by atoms with Crippen molar-refractivity contribution in [2.24, 2.45) is 0 Å². The fourth-order valence-corrected chi connectivity index (χ4v) is 2.15. The van der Waals surface area contributed by atoms with Gasteiger partial charge in [-0.05, 0) is 36.8 Å². The van der Waals surface area contributed by atoms with E-state index >= 15 is 0 Å². The molecule has 2 aromatic rings. The Morgan fingerprint density at radius 3 is 2.53 bits per heavy atom. The second-order valence-corrected chi connectivity index (χ2v) is 4.86. The number of benzene rings is 2. The third-order valence-corrected chi connectivity index (χ3v) is 3.32. The molecule has 0 amide bonds. The molecule has 19 heavy (non-hydrogen) atoms. The van der Waals surface area contributed by atoms with Crippen LogP contribution in [0, 0.1) is 5.82 Å². The molecule has 2 aromatic carbocycles. The summed E-state index contributed by atoms with van der Waals surface area (Å²) in [7, 11) is 1.46. The summed E-state index contributed by atoms with van der Waals surface area (Å²) >= 11 is 5.90. The molecule has 4 heteroatoms. The van der Waals surface area contributed by atoms with E-state index in [4.69, 9.17) is 16.3 Å². The van der Waals surface area contributed by atoms with E-state index in [-0.39, 0.29) is 5.56 Å². The Morgan fingerprint density at radius 2 is 1.95 bits per heavy atom. The lowest BCUT2D eigenvalue weighted by atomic mass is 9.88. The number of rotatable bonds is 3. The SMILES string of the molecule is COc1ccc(C(C)(O)c2cccc(Cl)c2)c(F)c1. The van der Waals surface area contributed by atoms with E-state index in [0.29, 0.717) is 16.3 Å². The third kappa shape index (κ3) is 2.72. The van der Waals surface area contributed by atoms with Crippen molar-refractivity contribution in [3.63, 3.8) is 0 Å². The molecule has 1 N–H and O–H groups in total. The largest absolute Gasteiger partial charge is 0.497 e. The Kier molecular flexibility index (Phi) is 3.78. The molecule has 0 aliphatic rings. The van der Waals surface area contributed by atoms with E-state index in [0.717, 1.165) is 0 Å². The van der Waals surface area contributed by atoms with Crippen LogP contribution in [0.15, 0.2) is 42.5 Å². The van der Waals surface area contributed by atoms with Crippen molar-refractivity contribution in [2.45, 2.75) is 12.5 Å². The molecule has 0 spiro atoms. The van der Waals surface area contributed by atoms with Crippen LogP contribution in [-0.2, 0) is 5.60 Å². The number of methoxy groups -OCH3 is 1. The van der Waals surface area contributed by atoms with Gasteiger partial charge >= 0.3 is 0 Å². The van der Waals surface area contributed by atoms with Crippen molar-refractivity contribution in [1.82, 2.24) is 0 Å². The van der Waals surface area contributed by atoms with Gasteiger partial charge in [-0.25, -0.2) is 4.39 Å². The summed E-state index contributed by atoms with van der Waals surface area (Å²) in [5.74, 6) is -0.118. The maximum Gasteiger partial charge on any atom is 0.133 e. The second kappa shape index (κ2) is 5.19.